The normalized spacial score (nSPS) is 11.1. The predicted octanol–water partition coefficient (Wildman–Crippen LogP) is 4.08. The van der Waals surface area contributed by atoms with Gasteiger partial charge in [0.05, 0.1) is 22.6 Å². The van der Waals surface area contributed by atoms with Crippen molar-refractivity contribution in [2.24, 2.45) is 0 Å². The van der Waals surface area contributed by atoms with Gasteiger partial charge >= 0.3 is 0 Å². The summed E-state index contributed by atoms with van der Waals surface area (Å²) < 4.78 is 12.9. The molecular weight excluding hydrogens is 350 g/mol. The van der Waals surface area contributed by atoms with Crippen LogP contribution in [0, 0.1) is 0 Å². The van der Waals surface area contributed by atoms with Gasteiger partial charge in [0, 0.05) is 5.39 Å². The second-order valence-corrected chi connectivity index (χ2v) is 5.26. The Morgan fingerprint density at radius 3 is 2.76 bits per heavy atom. The van der Waals surface area contributed by atoms with Crippen molar-refractivity contribution >= 4 is 42.8 Å². The standard InChI is InChI=1S/C12H13Br2NO2/c1-3-15-6-7-4-8-11(14)10(16-2)5-9(13)12(8)17-7/h4-5,15H,3,6H2,1-2H3. The topological polar surface area (TPSA) is 34.4 Å². The first-order valence-corrected chi connectivity index (χ1v) is 6.91. The minimum Gasteiger partial charge on any atom is -0.496 e. The zero-order chi connectivity index (χ0) is 12.4. The van der Waals surface area contributed by atoms with Crippen LogP contribution in [-0.2, 0) is 6.54 Å². The molecular formula is C12H13Br2NO2. The zero-order valence-electron chi connectivity index (χ0n) is 9.64. The van der Waals surface area contributed by atoms with Crippen LogP contribution in [0.5, 0.6) is 5.75 Å². The molecule has 0 fully saturated rings. The van der Waals surface area contributed by atoms with E-state index in [0.717, 1.165) is 44.5 Å². The lowest BCUT2D eigenvalue weighted by atomic mass is 10.2. The Hall–Kier alpha value is -0.520. The molecule has 2 aromatic rings. The lowest BCUT2D eigenvalue weighted by Crippen LogP contribution is -2.10. The summed E-state index contributed by atoms with van der Waals surface area (Å²) in [6.07, 6.45) is 0. The number of rotatable bonds is 4. The van der Waals surface area contributed by atoms with E-state index in [2.05, 4.69) is 44.1 Å². The average molecular weight is 363 g/mol. The van der Waals surface area contributed by atoms with Crippen molar-refractivity contribution in [2.45, 2.75) is 13.5 Å². The first-order chi connectivity index (χ1) is 8.17. The van der Waals surface area contributed by atoms with Gasteiger partial charge in [0.2, 0.25) is 0 Å². The third kappa shape index (κ3) is 2.51. The fraction of sp³-hybridized carbons (Fsp3) is 0.333. The monoisotopic (exact) mass is 361 g/mol. The highest BCUT2D eigenvalue weighted by atomic mass is 79.9. The second-order valence-electron chi connectivity index (χ2n) is 3.61. The van der Waals surface area contributed by atoms with Crippen LogP contribution in [0.1, 0.15) is 12.7 Å². The summed E-state index contributed by atoms with van der Waals surface area (Å²) >= 11 is 7.02. The molecule has 1 N–H and O–H groups in total. The van der Waals surface area contributed by atoms with E-state index in [1.165, 1.54) is 0 Å². The number of nitrogens with one attached hydrogen (secondary N) is 1. The van der Waals surface area contributed by atoms with Crippen molar-refractivity contribution in [3.05, 3.63) is 26.8 Å². The van der Waals surface area contributed by atoms with Gasteiger partial charge < -0.3 is 14.5 Å². The molecule has 0 radical (unpaired) electrons. The van der Waals surface area contributed by atoms with E-state index in [-0.39, 0.29) is 0 Å². The lowest BCUT2D eigenvalue weighted by molar-refractivity contribution is 0.412. The summed E-state index contributed by atoms with van der Waals surface area (Å²) in [7, 11) is 1.65. The summed E-state index contributed by atoms with van der Waals surface area (Å²) in [4.78, 5) is 0. The van der Waals surface area contributed by atoms with Gasteiger partial charge in [-0.1, -0.05) is 6.92 Å². The van der Waals surface area contributed by atoms with Gasteiger partial charge in [-0.15, -0.1) is 0 Å². The molecule has 1 aromatic carbocycles. The Balaban J connectivity index is 2.51. The van der Waals surface area contributed by atoms with E-state index >= 15 is 0 Å². The SMILES string of the molecule is CCNCc1cc2c(Br)c(OC)cc(Br)c2o1. The lowest BCUT2D eigenvalue weighted by Gasteiger charge is -2.04. The minimum atomic E-state index is 0.729. The van der Waals surface area contributed by atoms with Crippen LogP contribution >= 0.6 is 31.9 Å². The number of fused-ring (bicyclic) bond motifs is 1. The molecule has 5 heteroatoms. The Morgan fingerprint density at radius 1 is 1.35 bits per heavy atom. The van der Waals surface area contributed by atoms with Crippen LogP contribution in [-0.4, -0.2) is 13.7 Å². The van der Waals surface area contributed by atoms with Crippen LogP contribution in [0.3, 0.4) is 0 Å². The first kappa shape index (κ1) is 12.9. The van der Waals surface area contributed by atoms with Crippen LogP contribution in [0.4, 0.5) is 0 Å². The molecule has 1 heterocycles. The smallest absolute Gasteiger partial charge is 0.149 e. The fourth-order valence-electron chi connectivity index (χ4n) is 1.64. The van der Waals surface area contributed by atoms with Crippen molar-refractivity contribution in [1.29, 1.82) is 0 Å². The molecule has 0 aliphatic heterocycles. The van der Waals surface area contributed by atoms with Gasteiger partial charge in [-0.05, 0) is 50.5 Å². The molecule has 0 saturated heterocycles. The molecule has 0 spiro atoms. The van der Waals surface area contributed by atoms with Crippen LogP contribution in [0.2, 0.25) is 0 Å². The maximum Gasteiger partial charge on any atom is 0.149 e. The van der Waals surface area contributed by atoms with Gasteiger partial charge in [0.15, 0.2) is 0 Å². The Labute approximate surface area is 117 Å². The molecule has 0 unspecified atom stereocenters. The van der Waals surface area contributed by atoms with Gasteiger partial charge in [0.25, 0.3) is 0 Å². The number of benzene rings is 1. The van der Waals surface area contributed by atoms with Crippen LogP contribution < -0.4 is 10.1 Å². The molecule has 92 valence electrons. The highest BCUT2D eigenvalue weighted by molar-refractivity contribution is 9.11. The van der Waals surface area contributed by atoms with Crippen molar-refractivity contribution in [2.75, 3.05) is 13.7 Å². The Kier molecular flexibility index (Phi) is 4.12. The second kappa shape index (κ2) is 5.42. The van der Waals surface area contributed by atoms with Gasteiger partial charge in [-0.25, -0.2) is 0 Å². The first-order valence-electron chi connectivity index (χ1n) is 5.32. The van der Waals surface area contributed by atoms with E-state index in [1.807, 2.05) is 12.1 Å². The maximum absolute atomic E-state index is 5.79. The maximum atomic E-state index is 5.79. The molecule has 0 atom stereocenters. The molecule has 0 aliphatic rings. The third-order valence-electron chi connectivity index (χ3n) is 2.48. The van der Waals surface area contributed by atoms with E-state index in [0.29, 0.717) is 0 Å². The quantitative estimate of drug-likeness (QED) is 0.889. The largest absolute Gasteiger partial charge is 0.496 e. The number of hydrogen-bond donors (Lipinski definition) is 1. The number of ether oxygens (including phenoxy) is 1. The van der Waals surface area contributed by atoms with Crippen molar-refractivity contribution in [3.63, 3.8) is 0 Å². The number of methoxy groups -OCH3 is 1. The van der Waals surface area contributed by atoms with Crippen LogP contribution in [0.15, 0.2) is 25.5 Å². The minimum absolute atomic E-state index is 0.729. The molecule has 3 nitrogen and oxygen atoms in total. The summed E-state index contributed by atoms with van der Waals surface area (Å²) in [5.41, 5.74) is 0.838. The molecule has 17 heavy (non-hydrogen) atoms. The van der Waals surface area contributed by atoms with Crippen molar-refractivity contribution in [1.82, 2.24) is 5.32 Å². The van der Waals surface area contributed by atoms with E-state index in [9.17, 15) is 0 Å². The molecule has 1 aromatic heterocycles. The molecule has 2 rings (SSSR count). The van der Waals surface area contributed by atoms with E-state index in [1.54, 1.807) is 7.11 Å². The van der Waals surface area contributed by atoms with Crippen molar-refractivity contribution < 1.29 is 9.15 Å². The van der Waals surface area contributed by atoms with Gasteiger partial charge in [0.1, 0.15) is 17.1 Å². The fourth-order valence-corrected chi connectivity index (χ4v) is 2.72. The van der Waals surface area contributed by atoms with Crippen LogP contribution in [0.25, 0.3) is 11.0 Å². The van der Waals surface area contributed by atoms with E-state index < -0.39 is 0 Å². The molecule has 0 saturated carbocycles. The molecule has 0 aliphatic carbocycles. The van der Waals surface area contributed by atoms with E-state index in [4.69, 9.17) is 9.15 Å². The summed E-state index contributed by atoms with van der Waals surface area (Å²) in [5.74, 6) is 1.71. The summed E-state index contributed by atoms with van der Waals surface area (Å²) in [6, 6.07) is 3.92. The number of halogens is 2. The highest BCUT2D eigenvalue weighted by Crippen LogP contribution is 2.39. The predicted molar refractivity (Wildman–Crippen MR) is 75.5 cm³/mol. The average Bonchev–Trinajstić information content (AvgIpc) is 2.76. The number of furan rings is 1. The summed E-state index contributed by atoms with van der Waals surface area (Å²) in [6.45, 7) is 3.71. The highest BCUT2D eigenvalue weighted by Gasteiger charge is 2.14. The Morgan fingerprint density at radius 2 is 2.12 bits per heavy atom. The third-order valence-corrected chi connectivity index (χ3v) is 3.89. The Bertz CT molecular complexity index is 537. The zero-order valence-corrected chi connectivity index (χ0v) is 12.8. The van der Waals surface area contributed by atoms with Crippen molar-refractivity contribution in [3.8, 4) is 5.75 Å². The van der Waals surface area contributed by atoms with Gasteiger partial charge in [-0.3, -0.25) is 0 Å². The van der Waals surface area contributed by atoms with Gasteiger partial charge in [-0.2, -0.15) is 0 Å². The number of hydrogen-bond acceptors (Lipinski definition) is 3. The molecule has 0 bridgehead atoms. The summed E-state index contributed by atoms with van der Waals surface area (Å²) in [5, 5.41) is 4.26. The molecule has 0 amide bonds.